The van der Waals surface area contributed by atoms with Gasteiger partial charge >= 0.3 is 0 Å². The molecule has 0 aliphatic carbocycles. The Bertz CT molecular complexity index is 493. The SMILES string of the molecule is COc1ccc(CN2CCCC(CNC(C)=O)C2)cc1Cl. The van der Waals surface area contributed by atoms with Gasteiger partial charge in [-0.2, -0.15) is 0 Å². The van der Waals surface area contributed by atoms with Crippen LogP contribution in [0.25, 0.3) is 0 Å². The number of methoxy groups -OCH3 is 1. The first kappa shape index (κ1) is 16.1. The van der Waals surface area contributed by atoms with Crippen molar-refractivity contribution in [2.24, 2.45) is 5.92 Å². The number of nitrogens with one attached hydrogen (secondary N) is 1. The molecular formula is C16H23ClN2O2. The molecule has 4 nitrogen and oxygen atoms in total. The molecule has 1 aromatic carbocycles. The predicted molar refractivity (Wildman–Crippen MR) is 84.7 cm³/mol. The van der Waals surface area contributed by atoms with E-state index in [1.807, 2.05) is 12.1 Å². The van der Waals surface area contributed by atoms with E-state index in [9.17, 15) is 4.79 Å². The maximum absolute atomic E-state index is 11.0. The van der Waals surface area contributed by atoms with E-state index < -0.39 is 0 Å². The van der Waals surface area contributed by atoms with Crippen molar-refractivity contribution < 1.29 is 9.53 Å². The van der Waals surface area contributed by atoms with Gasteiger partial charge < -0.3 is 10.1 Å². The zero-order valence-corrected chi connectivity index (χ0v) is 13.4. The number of amides is 1. The monoisotopic (exact) mass is 310 g/mol. The Balaban J connectivity index is 1.90. The molecule has 1 saturated heterocycles. The molecule has 0 aromatic heterocycles. The largest absolute Gasteiger partial charge is 0.495 e. The third-order valence-corrected chi connectivity index (χ3v) is 4.16. The maximum Gasteiger partial charge on any atom is 0.216 e. The normalized spacial score (nSPS) is 19.3. The Kier molecular flexibility index (Phi) is 5.88. The third kappa shape index (κ3) is 4.90. The number of piperidine rings is 1. The number of carbonyl (C=O) groups is 1. The van der Waals surface area contributed by atoms with Gasteiger partial charge in [0, 0.05) is 26.6 Å². The van der Waals surface area contributed by atoms with Gasteiger partial charge in [-0.3, -0.25) is 9.69 Å². The average Bonchev–Trinajstić information content (AvgIpc) is 2.46. The van der Waals surface area contributed by atoms with Gasteiger partial charge in [-0.25, -0.2) is 0 Å². The van der Waals surface area contributed by atoms with Crippen LogP contribution in [0.2, 0.25) is 5.02 Å². The van der Waals surface area contributed by atoms with Crippen molar-refractivity contribution in [3.8, 4) is 5.75 Å². The second-order valence-electron chi connectivity index (χ2n) is 5.65. The van der Waals surface area contributed by atoms with E-state index >= 15 is 0 Å². The molecule has 1 unspecified atom stereocenters. The first-order valence-electron chi connectivity index (χ1n) is 7.37. The van der Waals surface area contributed by atoms with Crippen LogP contribution < -0.4 is 10.1 Å². The van der Waals surface area contributed by atoms with Gasteiger partial charge in [0.05, 0.1) is 12.1 Å². The topological polar surface area (TPSA) is 41.6 Å². The standard InChI is InChI=1S/C16H23ClN2O2/c1-12(20)18-9-14-4-3-7-19(11-14)10-13-5-6-16(21-2)15(17)8-13/h5-6,8,14H,3-4,7,9-11H2,1-2H3,(H,18,20). The van der Waals surface area contributed by atoms with Crippen molar-refractivity contribution >= 4 is 17.5 Å². The minimum absolute atomic E-state index is 0.0501. The minimum Gasteiger partial charge on any atom is -0.495 e. The van der Waals surface area contributed by atoms with Gasteiger partial charge in [0.2, 0.25) is 5.91 Å². The molecule has 0 radical (unpaired) electrons. The van der Waals surface area contributed by atoms with Crippen molar-refractivity contribution in [1.29, 1.82) is 0 Å². The number of carbonyl (C=O) groups excluding carboxylic acids is 1. The van der Waals surface area contributed by atoms with Crippen molar-refractivity contribution in [2.75, 3.05) is 26.7 Å². The lowest BCUT2D eigenvalue weighted by molar-refractivity contribution is -0.119. The lowest BCUT2D eigenvalue weighted by Crippen LogP contribution is -2.40. The van der Waals surface area contributed by atoms with E-state index in [1.54, 1.807) is 14.0 Å². The number of rotatable bonds is 5. The van der Waals surface area contributed by atoms with Crippen LogP contribution >= 0.6 is 11.6 Å². The number of hydrogen-bond acceptors (Lipinski definition) is 3. The molecule has 0 spiro atoms. The van der Waals surface area contributed by atoms with Crippen LogP contribution in [0.5, 0.6) is 5.75 Å². The molecule has 1 N–H and O–H groups in total. The van der Waals surface area contributed by atoms with Crippen LogP contribution in [-0.2, 0) is 11.3 Å². The molecule has 0 bridgehead atoms. The Morgan fingerprint density at radius 3 is 3.00 bits per heavy atom. The fraction of sp³-hybridized carbons (Fsp3) is 0.562. The van der Waals surface area contributed by atoms with Gasteiger partial charge in [0.25, 0.3) is 0 Å². The molecule has 5 heteroatoms. The highest BCUT2D eigenvalue weighted by atomic mass is 35.5. The highest BCUT2D eigenvalue weighted by molar-refractivity contribution is 6.32. The number of benzene rings is 1. The van der Waals surface area contributed by atoms with Crippen LogP contribution in [0.3, 0.4) is 0 Å². The summed E-state index contributed by atoms with van der Waals surface area (Å²) >= 11 is 6.17. The minimum atomic E-state index is 0.0501. The molecule has 21 heavy (non-hydrogen) atoms. The quantitative estimate of drug-likeness (QED) is 0.909. The molecule has 2 rings (SSSR count). The van der Waals surface area contributed by atoms with Crippen LogP contribution in [-0.4, -0.2) is 37.6 Å². The van der Waals surface area contributed by atoms with Crippen LogP contribution in [0.4, 0.5) is 0 Å². The number of hydrogen-bond donors (Lipinski definition) is 1. The lowest BCUT2D eigenvalue weighted by atomic mass is 9.97. The Hall–Kier alpha value is -1.26. The summed E-state index contributed by atoms with van der Waals surface area (Å²) in [5.41, 5.74) is 1.20. The van der Waals surface area contributed by atoms with Crippen molar-refractivity contribution in [3.05, 3.63) is 28.8 Å². The second kappa shape index (κ2) is 7.66. The van der Waals surface area contributed by atoms with Gasteiger partial charge in [-0.15, -0.1) is 0 Å². The Labute approximate surface area is 131 Å². The first-order valence-corrected chi connectivity index (χ1v) is 7.75. The number of ether oxygens (including phenoxy) is 1. The number of nitrogens with zero attached hydrogens (tertiary/aromatic N) is 1. The van der Waals surface area contributed by atoms with Crippen molar-refractivity contribution in [2.45, 2.75) is 26.3 Å². The Morgan fingerprint density at radius 2 is 2.33 bits per heavy atom. The number of halogens is 1. The maximum atomic E-state index is 11.0. The molecule has 0 saturated carbocycles. The predicted octanol–water partition coefficient (Wildman–Crippen LogP) is 2.70. The fourth-order valence-electron chi connectivity index (χ4n) is 2.82. The molecule has 1 heterocycles. The summed E-state index contributed by atoms with van der Waals surface area (Å²) in [5.74, 6) is 1.30. The highest BCUT2D eigenvalue weighted by Crippen LogP contribution is 2.26. The van der Waals surface area contributed by atoms with Crippen LogP contribution in [0, 0.1) is 5.92 Å². The van der Waals surface area contributed by atoms with Crippen LogP contribution in [0.15, 0.2) is 18.2 Å². The lowest BCUT2D eigenvalue weighted by Gasteiger charge is -2.32. The van der Waals surface area contributed by atoms with Crippen molar-refractivity contribution in [3.63, 3.8) is 0 Å². The smallest absolute Gasteiger partial charge is 0.216 e. The van der Waals surface area contributed by atoms with Crippen molar-refractivity contribution in [1.82, 2.24) is 10.2 Å². The molecule has 116 valence electrons. The van der Waals surface area contributed by atoms with E-state index in [0.717, 1.165) is 26.2 Å². The van der Waals surface area contributed by atoms with E-state index in [2.05, 4.69) is 16.3 Å². The Morgan fingerprint density at radius 1 is 1.52 bits per heavy atom. The summed E-state index contributed by atoms with van der Waals surface area (Å²) in [5, 5.41) is 3.58. The zero-order valence-electron chi connectivity index (χ0n) is 12.7. The van der Waals surface area contributed by atoms with Gasteiger partial charge in [0.1, 0.15) is 5.75 Å². The number of likely N-dealkylation sites (tertiary alicyclic amines) is 1. The zero-order chi connectivity index (χ0) is 15.2. The second-order valence-corrected chi connectivity index (χ2v) is 6.06. The van der Waals surface area contributed by atoms with E-state index in [1.165, 1.54) is 18.4 Å². The third-order valence-electron chi connectivity index (χ3n) is 3.87. The van der Waals surface area contributed by atoms with E-state index in [-0.39, 0.29) is 5.91 Å². The molecule has 1 aromatic rings. The highest BCUT2D eigenvalue weighted by Gasteiger charge is 2.20. The van der Waals surface area contributed by atoms with Gasteiger partial charge in [-0.1, -0.05) is 17.7 Å². The summed E-state index contributed by atoms with van der Waals surface area (Å²) in [6.07, 6.45) is 2.36. The summed E-state index contributed by atoms with van der Waals surface area (Å²) in [6, 6.07) is 5.94. The van der Waals surface area contributed by atoms with E-state index in [0.29, 0.717) is 16.7 Å². The van der Waals surface area contributed by atoms with Gasteiger partial charge in [0.15, 0.2) is 0 Å². The molecule has 1 amide bonds. The summed E-state index contributed by atoms with van der Waals surface area (Å²) in [6.45, 7) is 5.35. The molecular weight excluding hydrogens is 288 g/mol. The van der Waals surface area contributed by atoms with Gasteiger partial charge in [-0.05, 0) is 43.0 Å². The average molecular weight is 311 g/mol. The summed E-state index contributed by atoms with van der Waals surface area (Å²) < 4.78 is 5.18. The summed E-state index contributed by atoms with van der Waals surface area (Å²) in [4.78, 5) is 13.4. The molecule has 1 atom stereocenters. The molecule has 1 aliphatic heterocycles. The summed E-state index contributed by atoms with van der Waals surface area (Å²) in [7, 11) is 1.62. The molecule has 1 fully saturated rings. The van der Waals surface area contributed by atoms with Crippen LogP contribution in [0.1, 0.15) is 25.3 Å². The molecule has 1 aliphatic rings. The fourth-order valence-corrected chi connectivity index (χ4v) is 3.10. The first-order chi connectivity index (χ1) is 10.1. The van der Waals surface area contributed by atoms with E-state index in [4.69, 9.17) is 16.3 Å².